The SMILES string of the molecule is CC(=O)N[C@@H](CC(C)C)C(=O)N[C@H](C(=O)N[C@@H](Cc1ccccc1)C(=O)N[C@]1(C)CCCCC#CC#CCCCC[C@@](C)(C(=O)N[C@@H](C)C(=O)N[C@@H](C)C(=O)N[C@@H](C)C(=O)N[C@@H](C)C(=O)N[C@@H](C)C(=O)C[C@H](C)C(N)=O)NC(=O)[C@H](CC(C)C)CC(=O)[C@H](CCC(N)=O)NC(=O)[C@H](C)NC(=O)[C@H](Cc2c[nH]c3ccccc23)NC(=O)[C@H](Cc2ccc(O)cc2)NC(=O)[C@H](CCC(=O)O)NC1=O)[C@@H](C)O. The number of ketones is 2. The van der Waals surface area contributed by atoms with Gasteiger partial charge in [-0.3, -0.25) is 95.9 Å². The summed E-state index contributed by atoms with van der Waals surface area (Å²) < 4.78 is 0. The summed E-state index contributed by atoms with van der Waals surface area (Å²) in [5, 5.41) is 71.1. The number of aromatic hydroxyl groups is 1. The number of aliphatic hydroxyl groups excluding tert-OH is 1. The van der Waals surface area contributed by atoms with Gasteiger partial charge in [0.15, 0.2) is 11.6 Å². The molecule has 18 atom stereocenters. The predicted molar refractivity (Wildman–Crippen MR) is 511 cm³/mol. The van der Waals surface area contributed by atoms with Gasteiger partial charge in [-0.05, 0) is 185 Å². The minimum atomic E-state index is -2.12. The molecule has 17 amide bonds. The number of aliphatic carboxylic acids is 1. The van der Waals surface area contributed by atoms with Gasteiger partial charge in [-0.15, -0.1) is 0 Å². The molecule has 139 heavy (non-hydrogen) atoms. The van der Waals surface area contributed by atoms with E-state index in [1.165, 1.54) is 100 Å². The highest BCUT2D eigenvalue weighted by atomic mass is 16.4. The zero-order valence-electron chi connectivity index (χ0n) is 81.6. The maximum atomic E-state index is 15.5. The maximum Gasteiger partial charge on any atom is 0.303 e. The van der Waals surface area contributed by atoms with E-state index in [2.05, 4.69) is 108 Å². The van der Waals surface area contributed by atoms with Crippen molar-refractivity contribution in [3.05, 3.63) is 102 Å². The smallest absolute Gasteiger partial charge is 0.303 e. The summed E-state index contributed by atoms with van der Waals surface area (Å²) in [6, 6.07) is 1.26. The van der Waals surface area contributed by atoms with Crippen LogP contribution in [0.25, 0.3) is 10.9 Å². The van der Waals surface area contributed by atoms with Gasteiger partial charge in [0.1, 0.15) is 83.3 Å². The molecule has 41 heteroatoms. The first-order valence-electron chi connectivity index (χ1n) is 46.7. The van der Waals surface area contributed by atoms with Crippen molar-refractivity contribution in [2.24, 2.45) is 35.1 Å². The van der Waals surface area contributed by atoms with E-state index in [1.54, 1.807) is 88.5 Å². The zero-order chi connectivity index (χ0) is 104. The fourth-order valence-corrected chi connectivity index (χ4v) is 15.1. The molecular formula is C98H138N18O23. The third-order valence-corrected chi connectivity index (χ3v) is 23.4. The van der Waals surface area contributed by atoms with Crippen LogP contribution in [0.4, 0.5) is 0 Å². The van der Waals surface area contributed by atoms with E-state index < -0.39 is 264 Å². The summed E-state index contributed by atoms with van der Waals surface area (Å²) in [7, 11) is 0. The third kappa shape index (κ3) is 39.1. The number of carbonyl (C=O) groups is 20. The van der Waals surface area contributed by atoms with Gasteiger partial charge < -0.3 is 112 Å². The van der Waals surface area contributed by atoms with Crippen LogP contribution >= 0.6 is 0 Å². The molecule has 0 fully saturated rings. The summed E-state index contributed by atoms with van der Waals surface area (Å²) in [4.78, 5) is 283. The Kier molecular flexibility index (Phi) is 46.4. The average Bonchev–Trinajstić information content (AvgIpc) is 1.71. The van der Waals surface area contributed by atoms with Crippen molar-refractivity contribution >= 4 is 129 Å². The largest absolute Gasteiger partial charge is 0.508 e. The molecule has 2 heterocycles. The van der Waals surface area contributed by atoms with Gasteiger partial charge in [-0.25, -0.2) is 0 Å². The molecule has 1 aliphatic heterocycles. The average molecular weight is 1940 g/mol. The Morgan fingerprint density at radius 1 is 0.518 bits per heavy atom. The first kappa shape index (κ1) is 115. The minimum absolute atomic E-state index is 0.00686. The number of phenols is 1. The Balaban J connectivity index is 1.60. The molecule has 0 spiro atoms. The summed E-state index contributed by atoms with van der Waals surface area (Å²) >= 11 is 0. The quantitative estimate of drug-likeness (QED) is 0.0272. The molecule has 41 nitrogen and oxygen atoms in total. The molecule has 5 rings (SSSR count). The number of H-pyrrole nitrogens is 1. The molecule has 1 aromatic heterocycles. The lowest BCUT2D eigenvalue weighted by Crippen LogP contribution is -2.65. The minimum Gasteiger partial charge on any atom is -0.508 e. The molecule has 1 aliphatic rings. The number of nitrogens with one attached hydrogen (secondary N) is 16. The number of aromatic nitrogens is 1. The van der Waals surface area contributed by atoms with Gasteiger partial charge >= 0.3 is 5.97 Å². The molecule has 0 saturated heterocycles. The van der Waals surface area contributed by atoms with E-state index >= 15 is 28.8 Å². The first-order chi connectivity index (χ1) is 65.3. The van der Waals surface area contributed by atoms with Crippen molar-refractivity contribution in [1.29, 1.82) is 0 Å². The molecular weight excluding hydrogens is 1800 g/mol. The predicted octanol–water partition coefficient (Wildman–Crippen LogP) is 0.493. The number of carbonyl (C=O) groups excluding carboxylic acids is 19. The van der Waals surface area contributed by atoms with E-state index in [-0.39, 0.29) is 101 Å². The number of para-hydroxylation sites is 1. The highest BCUT2D eigenvalue weighted by Crippen LogP contribution is 2.26. The van der Waals surface area contributed by atoms with Gasteiger partial charge in [0, 0.05) is 93.6 Å². The number of Topliss-reactive ketones (excluding diaryl/α,β-unsaturated/α-hetero) is 2. The second kappa shape index (κ2) is 55.9. The van der Waals surface area contributed by atoms with Crippen LogP contribution in [-0.2, 0) is 115 Å². The van der Waals surface area contributed by atoms with E-state index in [4.69, 9.17) is 11.5 Å². The van der Waals surface area contributed by atoms with Crippen molar-refractivity contribution in [2.75, 3.05) is 0 Å². The van der Waals surface area contributed by atoms with Crippen LogP contribution in [0, 0.1) is 47.4 Å². The molecule has 3 aromatic carbocycles. The molecule has 0 radical (unpaired) electrons. The Hall–Kier alpha value is -14.1. The van der Waals surface area contributed by atoms with Crippen LogP contribution in [0.5, 0.6) is 5.75 Å². The Morgan fingerprint density at radius 3 is 1.59 bits per heavy atom. The van der Waals surface area contributed by atoms with E-state index in [0.717, 1.165) is 0 Å². The number of rotatable bonds is 38. The number of benzene rings is 3. The van der Waals surface area contributed by atoms with E-state index in [1.807, 2.05) is 0 Å². The number of phenolic OH excluding ortho intramolecular Hbond substituents is 1. The van der Waals surface area contributed by atoms with Crippen molar-refractivity contribution in [1.82, 2.24) is 84.7 Å². The molecule has 0 aliphatic carbocycles. The normalized spacial score (nSPS) is 21.4. The third-order valence-electron chi connectivity index (χ3n) is 23.4. The van der Waals surface area contributed by atoms with Crippen LogP contribution < -0.4 is 91.2 Å². The van der Waals surface area contributed by atoms with Gasteiger partial charge in [0.2, 0.25) is 100 Å². The second-order valence-electron chi connectivity index (χ2n) is 36.9. The zero-order valence-corrected chi connectivity index (χ0v) is 81.6. The first-order valence-corrected chi connectivity index (χ1v) is 46.7. The molecule has 0 bridgehead atoms. The second-order valence-corrected chi connectivity index (χ2v) is 36.9. The van der Waals surface area contributed by atoms with Crippen LogP contribution in [0.1, 0.15) is 223 Å². The summed E-state index contributed by atoms with van der Waals surface area (Å²) in [6.45, 7) is 21.5. The fraction of sp³-hybridized carbons (Fsp3) is 0.551. The van der Waals surface area contributed by atoms with Crippen molar-refractivity contribution < 1.29 is 111 Å². The number of carboxylic acid groups (broad SMARTS) is 1. The number of aliphatic hydroxyl groups is 1. The molecule has 0 saturated carbocycles. The monoisotopic (exact) mass is 1940 g/mol. The van der Waals surface area contributed by atoms with Crippen LogP contribution in [-0.4, -0.2) is 234 Å². The molecule has 758 valence electrons. The number of hydrogen-bond donors (Lipinski definition) is 21. The maximum absolute atomic E-state index is 15.5. The summed E-state index contributed by atoms with van der Waals surface area (Å²) in [5.41, 5.74) is 8.71. The fourth-order valence-electron chi connectivity index (χ4n) is 15.1. The van der Waals surface area contributed by atoms with Crippen molar-refractivity contribution in [3.63, 3.8) is 0 Å². The highest BCUT2D eigenvalue weighted by Gasteiger charge is 2.44. The van der Waals surface area contributed by atoms with Crippen LogP contribution in [0.2, 0.25) is 0 Å². The standard InChI is InChI=1S/C98H138N18O23/c1-53(2)45-66-51-78(121)71(39-41-79(99)122)109-87(130)60(10)106-90(133)76(50-67-52-101-70-34-28-27-33-69(67)70)111-91(134)74(49-65-35-37-68(119)38-36-65)110-89(132)72(40-42-80(123)124)113-96(139)98(15,116-93(136)75(48-64-31-25-24-26-32-64)112-94(137)81(62(12)117)114-92(135)73(46-54(3)4)108-63(13)118)44-30-23-21-19-17-16-18-20-22-29-43-97(14,115-88(66)131)95(138)107-61(11)86(129)105-59(9)85(128)104-58(8)84(127)103-57(7)83(126)102-56(6)77(120)47-55(5)82(100)125/h24-28,31-38,52-62,66,71-76,81,101,117,119H,20-23,29-30,39-51H2,1-15H3,(H2,99,122)(H2,100,125)(H,102,126)(H,103,127)(H,104,128)(H,105,129)(H,106,133)(H,107,138)(H,108,118)(H,109,130)(H,110,132)(H,111,134)(H,112,137)(H,113,139)(H,114,135)(H,115,131)(H,116,136)(H,123,124)/t55-,56-,57-,58-,59-,60-,61-,62+,66+,71-,72-,73-,74-,75-,76-,81-,97-,98+/m0/s1. The summed E-state index contributed by atoms with van der Waals surface area (Å²) in [6.07, 6.45) is -3.58. The molecule has 23 N–H and O–H groups in total. The number of amides is 17. The number of aromatic amines is 1. The Labute approximate surface area is 808 Å². The van der Waals surface area contributed by atoms with Crippen LogP contribution in [0.15, 0.2) is 85.1 Å². The highest BCUT2D eigenvalue weighted by molar-refractivity contribution is 6.03. The molecule has 4 aromatic rings. The van der Waals surface area contributed by atoms with Gasteiger partial charge in [-0.1, -0.05) is 107 Å². The topological polar surface area (TPSA) is 650 Å². The van der Waals surface area contributed by atoms with Gasteiger partial charge in [0.05, 0.1) is 18.2 Å². The lowest BCUT2D eigenvalue weighted by atomic mass is 9.86. The lowest BCUT2D eigenvalue weighted by molar-refractivity contribution is -0.140. The Morgan fingerprint density at radius 2 is 1.04 bits per heavy atom. The number of hydrogen-bond acceptors (Lipinski definition) is 22. The van der Waals surface area contributed by atoms with Gasteiger partial charge in [-0.2, -0.15) is 0 Å². The summed E-state index contributed by atoms with van der Waals surface area (Å²) in [5.74, 6) is -9.52. The van der Waals surface area contributed by atoms with Crippen molar-refractivity contribution in [3.8, 4) is 29.4 Å². The van der Waals surface area contributed by atoms with Crippen molar-refractivity contribution in [2.45, 2.75) is 322 Å². The number of carboxylic acids is 1. The van der Waals surface area contributed by atoms with E-state index in [0.29, 0.717) is 27.6 Å². The Bertz CT molecular complexity index is 5170. The van der Waals surface area contributed by atoms with Crippen LogP contribution in [0.3, 0.4) is 0 Å². The van der Waals surface area contributed by atoms with E-state index in [9.17, 15) is 82.4 Å². The molecule has 0 unspecified atom stereocenters. The number of fused-ring (bicyclic) bond motifs is 1. The number of primary amides is 2. The van der Waals surface area contributed by atoms with Gasteiger partial charge in [0.25, 0.3) is 0 Å². The number of nitrogens with two attached hydrogens (primary N) is 2. The lowest BCUT2D eigenvalue weighted by Gasteiger charge is -2.34.